The van der Waals surface area contributed by atoms with E-state index in [9.17, 15) is 18.0 Å². The van der Waals surface area contributed by atoms with Crippen molar-refractivity contribution in [3.63, 3.8) is 0 Å². The van der Waals surface area contributed by atoms with Crippen molar-refractivity contribution >= 4 is 21.8 Å². The van der Waals surface area contributed by atoms with Crippen molar-refractivity contribution in [2.45, 2.75) is 39.0 Å². The third-order valence-electron chi connectivity index (χ3n) is 3.64. The van der Waals surface area contributed by atoms with Gasteiger partial charge in [0.1, 0.15) is 6.54 Å². The summed E-state index contributed by atoms with van der Waals surface area (Å²) in [6.07, 6.45) is -3.90. The maximum absolute atomic E-state index is 12.9. The van der Waals surface area contributed by atoms with Gasteiger partial charge in [0.15, 0.2) is 5.69 Å². The van der Waals surface area contributed by atoms with Gasteiger partial charge in [-0.1, -0.05) is 37.3 Å². The molecule has 8 heteroatoms. The maximum atomic E-state index is 12.9. The van der Waals surface area contributed by atoms with Gasteiger partial charge in [0.25, 0.3) is 0 Å². The lowest BCUT2D eigenvalue weighted by molar-refractivity contribution is -0.142. The van der Waals surface area contributed by atoms with Gasteiger partial charge in [-0.05, 0) is 34.8 Å². The number of alkyl halides is 3. The third-order valence-corrected chi connectivity index (χ3v) is 4.59. The van der Waals surface area contributed by atoms with Crippen LogP contribution >= 0.6 is 15.9 Å². The fraction of sp³-hybridized carbons (Fsp3) is 0.375. The highest BCUT2D eigenvalue weighted by molar-refractivity contribution is 9.10. The van der Waals surface area contributed by atoms with Crippen LogP contribution in [-0.2, 0) is 17.5 Å². The van der Waals surface area contributed by atoms with E-state index in [0.29, 0.717) is 6.42 Å². The van der Waals surface area contributed by atoms with E-state index in [4.69, 9.17) is 0 Å². The van der Waals surface area contributed by atoms with Gasteiger partial charge < -0.3 is 5.32 Å². The minimum absolute atomic E-state index is 0.141. The first-order chi connectivity index (χ1) is 11.2. The maximum Gasteiger partial charge on any atom is 0.436 e. The van der Waals surface area contributed by atoms with Gasteiger partial charge in [0.2, 0.25) is 5.91 Å². The number of carbonyl (C=O) groups is 1. The van der Waals surface area contributed by atoms with Crippen molar-refractivity contribution in [2.24, 2.45) is 0 Å². The Morgan fingerprint density at radius 1 is 1.33 bits per heavy atom. The topological polar surface area (TPSA) is 46.9 Å². The Morgan fingerprint density at radius 2 is 1.96 bits per heavy atom. The largest absolute Gasteiger partial charge is 0.436 e. The molecule has 0 fully saturated rings. The van der Waals surface area contributed by atoms with Crippen molar-refractivity contribution < 1.29 is 18.0 Å². The summed E-state index contributed by atoms with van der Waals surface area (Å²) in [6.45, 7) is 3.13. The molecule has 0 aliphatic carbocycles. The summed E-state index contributed by atoms with van der Waals surface area (Å²) in [5, 5.41) is 6.34. The SMILES string of the molecule is CCC(NC(=O)Cn1nc(C(F)(F)F)c(Br)c1C)c1ccccc1. The van der Waals surface area contributed by atoms with Crippen LogP contribution in [0, 0.1) is 6.92 Å². The summed E-state index contributed by atoms with van der Waals surface area (Å²) in [5.41, 5.74) is 0.177. The third kappa shape index (κ3) is 4.17. The number of halogens is 4. The van der Waals surface area contributed by atoms with Crippen LogP contribution in [0.15, 0.2) is 34.8 Å². The van der Waals surface area contributed by atoms with E-state index in [1.165, 1.54) is 6.92 Å². The van der Waals surface area contributed by atoms with Gasteiger partial charge in [0.05, 0.1) is 16.2 Å². The van der Waals surface area contributed by atoms with Gasteiger partial charge in [-0.3, -0.25) is 9.48 Å². The number of hydrogen-bond donors (Lipinski definition) is 1. The molecule has 2 aromatic rings. The first-order valence-electron chi connectivity index (χ1n) is 7.38. The Bertz CT molecular complexity index is 713. The second kappa shape index (κ2) is 7.38. The molecule has 4 nitrogen and oxygen atoms in total. The van der Waals surface area contributed by atoms with Crippen molar-refractivity contribution in [2.75, 3.05) is 0 Å². The van der Waals surface area contributed by atoms with Crippen LogP contribution < -0.4 is 5.32 Å². The molecule has 0 saturated carbocycles. The second-order valence-corrected chi connectivity index (χ2v) is 6.14. The number of nitrogens with zero attached hydrogens (tertiary/aromatic N) is 2. The lowest BCUT2D eigenvalue weighted by Crippen LogP contribution is -2.32. The van der Waals surface area contributed by atoms with E-state index in [-0.39, 0.29) is 22.8 Å². The quantitative estimate of drug-likeness (QED) is 0.811. The minimum atomic E-state index is -4.57. The van der Waals surface area contributed by atoms with Crippen LogP contribution in [0.5, 0.6) is 0 Å². The predicted molar refractivity (Wildman–Crippen MR) is 87.3 cm³/mol. The molecule has 1 unspecified atom stereocenters. The van der Waals surface area contributed by atoms with Gasteiger partial charge in [-0.15, -0.1) is 0 Å². The fourth-order valence-corrected chi connectivity index (χ4v) is 2.85. The molecule has 0 bridgehead atoms. The van der Waals surface area contributed by atoms with E-state index in [0.717, 1.165) is 10.2 Å². The molecule has 1 aromatic heterocycles. The fourth-order valence-electron chi connectivity index (χ4n) is 2.34. The van der Waals surface area contributed by atoms with E-state index < -0.39 is 17.8 Å². The van der Waals surface area contributed by atoms with Crippen LogP contribution in [0.25, 0.3) is 0 Å². The Balaban J connectivity index is 2.13. The van der Waals surface area contributed by atoms with E-state index in [2.05, 4.69) is 26.3 Å². The number of benzene rings is 1. The zero-order valence-electron chi connectivity index (χ0n) is 13.2. The van der Waals surface area contributed by atoms with Crippen LogP contribution in [-0.4, -0.2) is 15.7 Å². The Labute approximate surface area is 146 Å². The molecular formula is C16H17BrF3N3O. The summed E-state index contributed by atoms with van der Waals surface area (Å²) in [5.74, 6) is -0.391. The molecule has 0 spiro atoms. The first kappa shape index (κ1) is 18.5. The molecule has 2 rings (SSSR count). The van der Waals surface area contributed by atoms with Crippen LogP contribution in [0.3, 0.4) is 0 Å². The van der Waals surface area contributed by atoms with Gasteiger partial charge >= 0.3 is 6.18 Å². The standard InChI is InChI=1S/C16H17BrF3N3O/c1-3-12(11-7-5-4-6-8-11)21-13(24)9-23-10(2)14(17)15(22-23)16(18,19)20/h4-8,12H,3,9H2,1-2H3,(H,21,24). The number of aromatic nitrogens is 2. The van der Waals surface area contributed by atoms with Gasteiger partial charge in [0, 0.05) is 0 Å². The van der Waals surface area contributed by atoms with Crippen molar-refractivity contribution in [3.05, 3.63) is 51.8 Å². The number of amides is 1. The number of hydrogen-bond acceptors (Lipinski definition) is 2. The highest BCUT2D eigenvalue weighted by Gasteiger charge is 2.38. The first-order valence-corrected chi connectivity index (χ1v) is 8.17. The van der Waals surface area contributed by atoms with E-state index >= 15 is 0 Å². The molecule has 1 amide bonds. The molecule has 1 atom stereocenters. The minimum Gasteiger partial charge on any atom is -0.348 e. The lowest BCUT2D eigenvalue weighted by Gasteiger charge is -2.17. The highest BCUT2D eigenvalue weighted by Crippen LogP contribution is 2.35. The molecule has 1 N–H and O–H groups in total. The van der Waals surface area contributed by atoms with Crippen LogP contribution in [0.4, 0.5) is 13.2 Å². The molecule has 130 valence electrons. The second-order valence-electron chi connectivity index (χ2n) is 5.34. The zero-order valence-corrected chi connectivity index (χ0v) is 14.8. The van der Waals surface area contributed by atoms with Crippen molar-refractivity contribution in [3.8, 4) is 0 Å². The average molecular weight is 404 g/mol. The highest BCUT2D eigenvalue weighted by atomic mass is 79.9. The predicted octanol–water partition coefficient (Wildman–Crippen LogP) is 4.24. The molecule has 0 saturated heterocycles. The molecule has 1 aromatic carbocycles. The normalized spacial score (nSPS) is 12.9. The number of nitrogens with one attached hydrogen (secondary N) is 1. The summed E-state index contributed by atoms with van der Waals surface area (Å²) in [7, 11) is 0. The summed E-state index contributed by atoms with van der Waals surface area (Å²) >= 11 is 2.89. The van der Waals surface area contributed by atoms with Gasteiger partial charge in [-0.25, -0.2) is 0 Å². The molecule has 1 heterocycles. The zero-order chi connectivity index (χ0) is 17.9. The smallest absolute Gasteiger partial charge is 0.348 e. The van der Waals surface area contributed by atoms with Crippen LogP contribution in [0.1, 0.15) is 36.3 Å². The Hall–Kier alpha value is -1.83. The molecule has 0 aliphatic rings. The monoisotopic (exact) mass is 403 g/mol. The van der Waals surface area contributed by atoms with E-state index in [1.807, 2.05) is 37.3 Å². The van der Waals surface area contributed by atoms with Crippen LogP contribution in [0.2, 0.25) is 0 Å². The Kier molecular flexibility index (Phi) is 5.69. The van der Waals surface area contributed by atoms with Crippen molar-refractivity contribution in [1.29, 1.82) is 0 Å². The Morgan fingerprint density at radius 3 is 2.46 bits per heavy atom. The molecule has 0 aliphatic heterocycles. The van der Waals surface area contributed by atoms with Crippen molar-refractivity contribution in [1.82, 2.24) is 15.1 Å². The summed E-state index contributed by atoms with van der Waals surface area (Å²) in [6, 6.07) is 9.21. The molecular weight excluding hydrogens is 387 g/mol. The lowest BCUT2D eigenvalue weighted by atomic mass is 10.0. The average Bonchev–Trinajstić information content (AvgIpc) is 2.82. The van der Waals surface area contributed by atoms with E-state index in [1.54, 1.807) is 0 Å². The summed E-state index contributed by atoms with van der Waals surface area (Å²) in [4.78, 5) is 12.2. The summed E-state index contributed by atoms with van der Waals surface area (Å²) < 4.78 is 39.5. The number of carbonyl (C=O) groups excluding carboxylic acids is 1. The molecule has 24 heavy (non-hydrogen) atoms. The molecule has 0 radical (unpaired) electrons. The van der Waals surface area contributed by atoms with Gasteiger partial charge in [-0.2, -0.15) is 18.3 Å². The number of rotatable bonds is 5.